The van der Waals surface area contributed by atoms with Crippen LogP contribution >= 0.6 is 0 Å². The van der Waals surface area contributed by atoms with E-state index in [9.17, 15) is 0 Å². The molecule has 0 spiro atoms. The van der Waals surface area contributed by atoms with Crippen LogP contribution in [0.3, 0.4) is 0 Å². The van der Waals surface area contributed by atoms with Gasteiger partial charge in [0.25, 0.3) is 0 Å². The van der Waals surface area contributed by atoms with Crippen LogP contribution in [0.4, 0.5) is 0 Å². The Kier molecular flexibility index (Phi) is 16.1. The van der Waals surface area contributed by atoms with E-state index in [2.05, 4.69) is 155 Å². The van der Waals surface area contributed by atoms with Gasteiger partial charge in [0.15, 0.2) is 0 Å². The maximum absolute atomic E-state index is 3.67. The van der Waals surface area contributed by atoms with E-state index < -0.39 is 0 Å². The van der Waals surface area contributed by atoms with Crippen molar-refractivity contribution in [3.05, 3.63) is 124 Å². The number of hydrogen-bond acceptors (Lipinski definition) is 0. The third-order valence-electron chi connectivity index (χ3n) is 8.17. The number of halogens is 2. The van der Waals surface area contributed by atoms with E-state index in [0.29, 0.717) is 5.41 Å². The molecule has 4 aromatic rings. The molecule has 0 amide bonds. The second-order valence-electron chi connectivity index (χ2n) is 15.2. The summed E-state index contributed by atoms with van der Waals surface area (Å²) in [5.74, 6) is 0. The van der Waals surface area contributed by atoms with Crippen LogP contribution in [0.25, 0.3) is 11.1 Å². The minimum atomic E-state index is 0. The van der Waals surface area contributed by atoms with Gasteiger partial charge in [-0.05, 0) is 28.4 Å². The molecule has 242 valence electrons. The van der Waals surface area contributed by atoms with Gasteiger partial charge in [-0.25, -0.2) is 6.07 Å². The monoisotopic (exact) mass is 718 g/mol. The minimum absolute atomic E-state index is 0. The standard InChI is InChI=1S/C21H25.C13H21.C8H8.2ClH.Zr/c1-20(2,3)16-7-9-18-14(12-16)11-15-13-17(21(4,5)6)8-10-19(15)18;1-5-6-7-11-8-9-12(10-11)13(2,3)4;1-2-8-6-4-3-5-7-8;;;/h7-10,12H,11H2,1-6H3;8-10H,5-7H2,1-4H3;3-7H,1H3;2*1H;/q2*-1;;;;+2/p-2. The summed E-state index contributed by atoms with van der Waals surface area (Å²) < 4.78 is 1.46. The van der Waals surface area contributed by atoms with E-state index >= 15 is 0 Å². The number of aryl methyl sites for hydroxylation is 1. The number of benzene rings is 3. The second kappa shape index (κ2) is 17.5. The molecule has 0 N–H and O–H groups in total. The van der Waals surface area contributed by atoms with E-state index in [1.54, 1.807) is 0 Å². The molecular weight excluding hydrogens is 667 g/mol. The van der Waals surface area contributed by atoms with Crippen molar-refractivity contribution in [3.63, 3.8) is 0 Å². The number of unbranched alkanes of at least 4 members (excludes halogenated alkanes) is 1. The summed E-state index contributed by atoms with van der Waals surface area (Å²) in [7, 11) is 0. The molecule has 0 aliphatic heterocycles. The first-order chi connectivity index (χ1) is 20.0. The smallest absolute Gasteiger partial charge is 1.00 e. The number of rotatable bonds is 4. The van der Waals surface area contributed by atoms with Gasteiger partial charge in [-0.3, -0.25) is 0 Å². The molecule has 5 rings (SSSR count). The topological polar surface area (TPSA) is 0 Å². The largest absolute Gasteiger partial charge is 1.00 e. The summed E-state index contributed by atoms with van der Waals surface area (Å²) in [4.78, 5) is 0. The van der Waals surface area contributed by atoms with Crippen LogP contribution in [-0.4, -0.2) is 3.21 Å². The van der Waals surface area contributed by atoms with Crippen molar-refractivity contribution >= 4 is 3.21 Å². The van der Waals surface area contributed by atoms with Crippen LogP contribution in [0.15, 0.2) is 78.9 Å². The molecule has 0 saturated carbocycles. The SMILES string of the molecule is CC(C)(C)c1[c-]c2c(cc1)-c1ccc(C(C)(C)C)cc1C2.CCCCc1cc(C(C)(C)C)c[cH-]1.C[C](=[Zr+2])c1ccccc1.[Cl-].[Cl-]. The maximum Gasteiger partial charge on any atom is -1.00 e. The first-order valence-corrected chi connectivity index (χ1v) is 17.3. The fourth-order valence-corrected chi connectivity index (χ4v) is 5.62. The number of hydrogen-bond donors (Lipinski definition) is 0. The normalized spacial score (nSPS) is 11.8. The molecule has 0 fully saturated rings. The Hall–Kier alpha value is -1.66. The molecule has 1 aliphatic carbocycles. The van der Waals surface area contributed by atoms with Crippen molar-refractivity contribution in [2.45, 2.75) is 118 Å². The molecule has 0 saturated heterocycles. The molecule has 1 aliphatic rings. The summed E-state index contributed by atoms with van der Waals surface area (Å²) in [6, 6.07) is 32.5. The summed E-state index contributed by atoms with van der Waals surface area (Å²) in [6.07, 6.45) is 4.87. The summed E-state index contributed by atoms with van der Waals surface area (Å²) in [5.41, 5.74) is 13.4. The average Bonchev–Trinajstić information content (AvgIpc) is 3.56. The minimum Gasteiger partial charge on any atom is -1.00 e. The fraction of sp³-hybridized carbons (Fsp3) is 0.429. The maximum atomic E-state index is 3.67. The van der Waals surface area contributed by atoms with Gasteiger partial charge in [-0.15, -0.1) is 11.1 Å². The van der Waals surface area contributed by atoms with Crippen molar-refractivity contribution in [2.75, 3.05) is 0 Å². The quantitative estimate of drug-likeness (QED) is 0.216. The zero-order chi connectivity index (χ0) is 32.0. The van der Waals surface area contributed by atoms with Crippen molar-refractivity contribution < 1.29 is 49.0 Å². The molecule has 0 bridgehead atoms. The summed E-state index contributed by atoms with van der Waals surface area (Å²) >= 11 is 1.51. The van der Waals surface area contributed by atoms with Gasteiger partial charge in [-0.2, -0.15) is 47.0 Å². The Balaban J connectivity index is 0.000000363. The van der Waals surface area contributed by atoms with Gasteiger partial charge in [0.2, 0.25) is 0 Å². The predicted molar refractivity (Wildman–Crippen MR) is 186 cm³/mol. The number of fused-ring (bicyclic) bond motifs is 3. The van der Waals surface area contributed by atoms with Crippen molar-refractivity contribution in [3.8, 4) is 11.1 Å². The van der Waals surface area contributed by atoms with E-state index in [0.717, 1.165) is 6.42 Å². The van der Waals surface area contributed by atoms with Crippen molar-refractivity contribution in [1.29, 1.82) is 0 Å². The molecule has 0 unspecified atom stereocenters. The van der Waals surface area contributed by atoms with Gasteiger partial charge in [0.05, 0.1) is 0 Å². The first-order valence-electron chi connectivity index (χ1n) is 16.1. The van der Waals surface area contributed by atoms with E-state index in [-0.39, 0.29) is 35.6 Å². The van der Waals surface area contributed by atoms with Gasteiger partial charge in [0, 0.05) is 0 Å². The van der Waals surface area contributed by atoms with E-state index in [4.69, 9.17) is 0 Å². The Morgan fingerprint density at radius 2 is 1.36 bits per heavy atom. The van der Waals surface area contributed by atoms with E-state index in [1.165, 1.54) is 96.8 Å². The molecular formula is C42H54Cl2Zr-2. The zero-order valence-corrected chi connectivity index (χ0v) is 33.6. The van der Waals surface area contributed by atoms with Gasteiger partial charge < -0.3 is 24.8 Å². The third kappa shape index (κ3) is 12.1. The molecule has 0 radical (unpaired) electrons. The molecule has 0 nitrogen and oxygen atoms in total. The Labute approximate surface area is 303 Å². The Bertz CT molecular complexity index is 1430. The molecule has 0 aromatic heterocycles. The van der Waals surface area contributed by atoms with Crippen LogP contribution in [0.1, 0.15) is 128 Å². The average molecular weight is 721 g/mol. The van der Waals surface area contributed by atoms with Crippen molar-refractivity contribution in [2.24, 2.45) is 0 Å². The van der Waals surface area contributed by atoms with Gasteiger partial charge in [-0.1, -0.05) is 118 Å². The Morgan fingerprint density at radius 1 is 0.756 bits per heavy atom. The molecule has 3 heteroatoms. The van der Waals surface area contributed by atoms with Crippen LogP contribution in [0.2, 0.25) is 0 Å². The Morgan fingerprint density at radius 3 is 1.84 bits per heavy atom. The van der Waals surface area contributed by atoms with Crippen molar-refractivity contribution in [1.82, 2.24) is 0 Å². The fourth-order valence-electron chi connectivity index (χ4n) is 5.21. The van der Waals surface area contributed by atoms with Crippen LogP contribution < -0.4 is 24.8 Å². The zero-order valence-electron chi connectivity index (χ0n) is 29.6. The molecule has 4 aromatic carbocycles. The van der Waals surface area contributed by atoms with Crippen LogP contribution in [0, 0.1) is 6.07 Å². The van der Waals surface area contributed by atoms with Crippen LogP contribution in [0.5, 0.6) is 0 Å². The third-order valence-corrected chi connectivity index (χ3v) is 8.88. The van der Waals surface area contributed by atoms with Crippen LogP contribution in [-0.2, 0) is 53.3 Å². The summed E-state index contributed by atoms with van der Waals surface area (Å²) in [5, 5.41) is 0. The first kappa shape index (κ1) is 41.4. The van der Waals surface area contributed by atoms with Gasteiger partial charge in [0.1, 0.15) is 0 Å². The summed E-state index contributed by atoms with van der Waals surface area (Å²) in [6.45, 7) is 24.8. The second-order valence-corrected chi connectivity index (χ2v) is 17.0. The molecule has 45 heavy (non-hydrogen) atoms. The van der Waals surface area contributed by atoms with Gasteiger partial charge >= 0.3 is 70.3 Å². The molecule has 0 atom stereocenters. The predicted octanol–water partition coefficient (Wildman–Crippen LogP) is 5.48. The van der Waals surface area contributed by atoms with E-state index in [1.807, 2.05) is 6.07 Å². The molecule has 0 heterocycles.